The van der Waals surface area contributed by atoms with Crippen molar-refractivity contribution in [2.45, 2.75) is 85.4 Å². The number of fused-ring (bicyclic) bond motifs is 1. The van der Waals surface area contributed by atoms with Crippen LogP contribution >= 0.6 is 0 Å². The van der Waals surface area contributed by atoms with Crippen molar-refractivity contribution in [3.8, 4) is 0 Å². The second kappa shape index (κ2) is 10.4. The van der Waals surface area contributed by atoms with Crippen LogP contribution in [0.15, 0.2) is 9.79 Å². The molecule has 26 heavy (non-hydrogen) atoms. The van der Waals surface area contributed by atoms with Gasteiger partial charge < -0.3 is 10.6 Å². The number of aryl methyl sites for hydroxylation is 2. The summed E-state index contributed by atoms with van der Waals surface area (Å²) in [4.78, 5) is 17.0. The fourth-order valence-corrected chi connectivity index (χ4v) is 3.21. The summed E-state index contributed by atoms with van der Waals surface area (Å²) < 4.78 is 3.44. The Morgan fingerprint density at radius 1 is 1.27 bits per heavy atom. The van der Waals surface area contributed by atoms with E-state index in [1.54, 1.807) is 4.68 Å². The summed E-state index contributed by atoms with van der Waals surface area (Å²) in [6.45, 7) is 11.7. The SMILES string of the molecule is CCNC(=NCCCn1nc2n(c1=O)CCCC2)NC(C)CCC(C)C. The zero-order valence-corrected chi connectivity index (χ0v) is 16.9. The van der Waals surface area contributed by atoms with Crippen LogP contribution in [-0.2, 0) is 19.5 Å². The van der Waals surface area contributed by atoms with Gasteiger partial charge in [0.05, 0.1) is 0 Å². The second-order valence-corrected chi connectivity index (χ2v) is 7.66. The Morgan fingerprint density at radius 3 is 2.77 bits per heavy atom. The van der Waals surface area contributed by atoms with Crippen molar-refractivity contribution in [1.29, 1.82) is 0 Å². The predicted octanol–water partition coefficient (Wildman–Crippen LogP) is 2.15. The van der Waals surface area contributed by atoms with Crippen molar-refractivity contribution in [3.05, 3.63) is 16.3 Å². The lowest BCUT2D eigenvalue weighted by atomic mass is 10.0. The number of nitrogens with zero attached hydrogens (tertiary/aromatic N) is 4. The Kier molecular flexibility index (Phi) is 8.19. The Labute approximate surface area is 157 Å². The molecule has 0 aromatic carbocycles. The maximum absolute atomic E-state index is 12.3. The Balaban J connectivity index is 1.82. The maximum atomic E-state index is 12.3. The van der Waals surface area contributed by atoms with E-state index in [4.69, 9.17) is 0 Å². The first-order valence-electron chi connectivity index (χ1n) is 10.2. The van der Waals surface area contributed by atoms with Crippen molar-refractivity contribution in [3.63, 3.8) is 0 Å². The van der Waals surface area contributed by atoms with Gasteiger partial charge in [0.25, 0.3) is 0 Å². The van der Waals surface area contributed by atoms with Crippen LogP contribution in [0.4, 0.5) is 0 Å². The van der Waals surface area contributed by atoms with Gasteiger partial charge in [0.1, 0.15) is 5.82 Å². The quantitative estimate of drug-likeness (QED) is 0.400. The molecule has 0 saturated carbocycles. The molecule has 2 N–H and O–H groups in total. The van der Waals surface area contributed by atoms with Crippen LogP contribution in [0.2, 0.25) is 0 Å². The molecule has 0 saturated heterocycles. The molecule has 1 unspecified atom stereocenters. The number of aromatic nitrogens is 3. The van der Waals surface area contributed by atoms with E-state index in [-0.39, 0.29) is 5.69 Å². The molecule has 1 atom stereocenters. The lowest BCUT2D eigenvalue weighted by Crippen LogP contribution is -2.42. The largest absolute Gasteiger partial charge is 0.357 e. The third-order valence-electron chi connectivity index (χ3n) is 4.73. The lowest BCUT2D eigenvalue weighted by molar-refractivity contribution is 0.488. The highest BCUT2D eigenvalue weighted by Crippen LogP contribution is 2.09. The van der Waals surface area contributed by atoms with Crippen LogP contribution in [0.5, 0.6) is 0 Å². The highest BCUT2D eigenvalue weighted by molar-refractivity contribution is 5.79. The van der Waals surface area contributed by atoms with Gasteiger partial charge in [-0.3, -0.25) is 9.56 Å². The molecule has 0 spiro atoms. The van der Waals surface area contributed by atoms with Crippen LogP contribution in [0.1, 0.15) is 65.6 Å². The van der Waals surface area contributed by atoms with Gasteiger partial charge in [-0.1, -0.05) is 13.8 Å². The monoisotopic (exact) mass is 364 g/mol. The average molecular weight is 365 g/mol. The van der Waals surface area contributed by atoms with E-state index in [0.717, 1.165) is 62.9 Å². The highest BCUT2D eigenvalue weighted by Gasteiger charge is 2.16. The molecule has 0 bridgehead atoms. The van der Waals surface area contributed by atoms with Crippen molar-refractivity contribution in [2.75, 3.05) is 13.1 Å². The molecule has 0 aliphatic carbocycles. The molecule has 7 heteroatoms. The van der Waals surface area contributed by atoms with Gasteiger partial charge in [-0.05, 0) is 51.9 Å². The first-order valence-corrected chi connectivity index (χ1v) is 10.2. The summed E-state index contributed by atoms with van der Waals surface area (Å²) in [6, 6.07) is 0.401. The van der Waals surface area contributed by atoms with Crippen LogP contribution in [-0.4, -0.2) is 39.4 Å². The summed E-state index contributed by atoms with van der Waals surface area (Å²) in [5.41, 5.74) is 0.0380. The Hall–Kier alpha value is -1.79. The zero-order chi connectivity index (χ0) is 18.9. The van der Waals surface area contributed by atoms with E-state index < -0.39 is 0 Å². The molecule has 0 fully saturated rings. The normalized spacial score (nSPS) is 15.8. The van der Waals surface area contributed by atoms with Gasteiger partial charge in [-0.2, -0.15) is 5.10 Å². The molecule has 1 aromatic heterocycles. The zero-order valence-electron chi connectivity index (χ0n) is 16.9. The van der Waals surface area contributed by atoms with Gasteiger partial charge >= 0.3 is 5.69 Å². The number of rotatable bonds is 9. The Bertz CT molecular complexity index is 630. The number of aliphatic imine (C=N–C) groups is 1. The van der Waals surface area contributed by atoms with Gasteiger partial charge in [-0.25, -0.2) is 9.48 Å². The summed E-state index contributed by atoms with van der Waals surface area (Å²) in [5, 5.41) is 11.3. The van der Waals surface area contributed by atoms with Gasteiger partial charge in [0, 0.05) is 38.6 Å². The van der Waals surface area contributed by atoms with Crippen molar-refractivity contribution in [2.24, 2.45) is 10.9 Å². The van der Waals surface area contributed by atoms with E-state index >= 15 is 0 Å². The van der Waals surface area contributed by atoms with Crippen molar-refractivity contribution < 1.29 is 0 Å². The minimum absolute atomic E-state index is 0.0380. The van der Waals surface area contributed by atoms with Gasteiger partial charge in [0.2, 0.25) is 0 Å². The van der Waals surface area contributed by atoms with E-state index in [1.807, 2.05) is 4.57 Å². The highest BCUT2D eigenvalue weighted by atomic mass is 16.2. The molecule has 1 aromatic rings. The average Bonchev–Trinajstić information content (AvgIpc) is 2.93. The molecule has 0 radical (unpaired) electrons. The summed E-state index contributed by atoms with van der Waals surface area (Å²) in [6.07, 6.45) is 6.29. The molecule has 0 amide bonds. The van der Waals surface area contributed by atoms with E-state index in [0.29, 0.717) is 19.1 Å². The minimum atomic E-state index is 0.0380. The summed E-state index contributed by atoms with van der Waals surface area (Å²) >= 11 is 0. The van der Waals surface area contributed by atoms with E-state index in [1.165, 1.54) is 6.42 Å². The molecule has 7 nitrogen and oxygen atoms in total. The number of guanidine groups is 1. The molecular formula is C19H36N6O. The number of nitrogens with one attached hydrogen (secondary N) is 2. The Morgan fingerprint density at radius 2 is 2.08 bits per heavy atom. The first kappa shape index (κ1) is 20.5. The number of hydrogen-bond donors (Lipinski definition) is 2. The summed E-state index contributed by atoms with van der Waals surface area (Å²) in [5.74, 6) is 2.52. The summed E-state index contributed by atoms with van der Waals surface area (Å²) in [7, 11) is 0. The molecule has 1 aliphatic heterocycles. The topological polar surface area (TPSA) is 76.2 Å². The fraction of sp³-hybridized carbons (Fsp3) is 0.842. The van der Waals surface area contributed by atoms with Gasteiger partial charge in [-0.15, -0.1) is 0 Å². The third-order valence-corrected chi connectivity index (χ3v) is 4.73. The molecule has 148 valence electrons. The van der Waals surface area contributed by atoms with Crippen LogP contribution < -0.4 is 16.3 Å². The standard InChI is InChI=1S/C19H36N6O/c1-5-20-18(22-16(4)11-10-15(2)3)21-12-8-14-25-19(26)24-13-7-6-9-17(24)23-25/h15-16H,5-14H2,1-4H3,(H2,20,21,22). The molecule has 2 rings (SSSR count). The van der Waals surface area contributed by atoms with Crippen LogP contribution in [0.3, 0.4) is 0 Å². The molecule has 2 heterocycles. The van der Waals surface area contributed by atoms with Gasteiger partial charge in [0.15, 0.2) is 5.96 Å². The lowest BCUT2D eigenvalue weighted by Gasteiger charge is -2.18. The number of hydrogen-bond acceptors (Lipinski definition) is 3. The fourth-order valence-electron chi connectivity index (χ4n) is 3.21. The van der Waals surface area contributed by atoms with Crippen LogP contribution in [0, 0.1) is 5.92 Å². The maximum Gasteiger partial charge on any atom is 0.345 e. The van der Waals surface area contributed by atoms with E-state index in [2.05, 4.69) is 48.4 Å². The molecule has 1 aliphatic rings. The second-order valence-electron chi connectivity index (χ2n) is 7.66. The molecular weight excluding hydrogens is 328 g/mol. The van der Waals surface area contributed by atoms with Crippen molar-refractivity contribution >= 4 is 5.96 Å². The van der Waals surface area contributed by atoms with E-state index in [9.17, 15) is 4.79 Å². The third kappa shape index (κ3) is 6.18. The van der Waals surface area contributed by atoms with Crippen LogP contribution in [0.25, 0.3) is 0 Å². The smallest absolute Gasteiger partial charge is 0.345 e. The predicted molar refractivity (Wildman–Crippen MR) is 107 cm³/mol. The first-order chi connectivity index (χ1) is 12.5. The van der Waals surface area contributed by atoms with Crippen molar-refractivity contribution in [1.82, 2.24) is 25.0 Å². The minimum Gasteiger partial charge on any atom is -0.357 e.